The van der Waals surface area contributed by atoms with E-state index in [1.807, 2.05) is 0 Å². The van der Waals surface area contributed by atoms with Crippen molar-refractivity contribution in [3.05, 3.63) is 29.8 Å². The van der Waals surface area contributed by atoms with Gasteiger partial charge in [-0.15, -0.1) is 0 Å². The summed E-state index contributed by atoms with van der Waals surface area (Å²) in [4.78, 5) is 23.0. The average Bonchev–Trinajstić information content (AvgIpc) is 2.76. The number of benzene rings is 1. The standard InChI is InChI=1S/C14H18N2O4S/c1-10(17)12-3-2-4-13(7-12)16-14(18)15-8-11-5-6-21(19,20)9-11/h2-4,7,11H,5-6,8-9H2,1H3,(H2,15,16,18). The minimum absolute atomic E-state index is 0.0238. The maximum atomic E-state index is 11.8. The fourth-order valence-electron chi connectivity index (χ4n) is 2.26. The molecule has 1 aliphatic heterocycles. The van der Waals surface area contributed by atoms with Crippen LogP contribution in [0.3, 0.4) is 0 Å². The summed E-state index contributed by atoms with van der Waals surface area (Å²) in [6.07, 6.45) is 0.586. The Labute approximate surface area is 123 Å². The normalized spacial score (nSPS) is 20.0. The first-order valence-corrected chi connectivity index (χ1v) is 8.54. The predicted molar refractivity (Wildman–Crippen MR) is 80.2 cm³/mol. The predicted octanol–water partition coefficient (Wildman–Crippen LogP) is 1.45. The molecule has 0 bridgehead atoms. The van der Waals surface area contributed by atoms with Gasteiger partial charge in [-0.05, 0) is 31.4 Å². The Hall–Kier alpha value is -1.89. The highest BCUT2D eigenvalue weighted by atomic mass is 32.2. The Morgan fingerprint density at radius 2 is 2.10 bits per heavy atom. The van der Waals surface area contributed by atoms with Gasteiger partial charge >= 0.3 is 6.03 Å². The number of ketones is 1. The summed E-state index contributed by atoms with van der Waals surface area (Å²) in [6.45, 7) is 1.79. The fourth-order valence-corrected chi connectivity index (χ4v) is 4.12. The van der Waals surface area contributed by atoms with Gasteiger partial charge in [0, 0.05) is 17.8 Å². The number of nitrogens with one attached hydrogen (secondary N) is 2. The molecule has 21 heavy (non-hydrogen) atoms. The molecule has 0 spiro atoms. The molecule has 1 heterocycles. The van der Waals surface area contributed by atoms with Crippen molar-refractivity contribution in [3.63, 3.8) is 0 Å². The number of hydrogen-bond donors (Lipinski definition) is 2. The third-order valence-electron chi connectivity index (χ3n) is 3.41. The summed E-state index contributed by atoms with van der Waals surface area (Å²) >= 11 is 0. The molecular formula is C14H18N2O4S. The molecule has 1 fully saturated rings. The van der Waals surface area contributed by atoms with Gasteiger partial charge in [-0.25, -0.2) is 13.2 Å². The van der Waals surface area contributed by atoms with Crippen molar-refractivity contribution in [1.82, 2.24) is 5.32 Å². The van der Waals surface area contributed by atoms with Crippen molar-refractivity contribution >= 4 is 27.3 Å². The minimum atomic E-state index is -2.93. The molecule has 1 unspecified atom stereocenters. The van der Waals surface area contributed by atoms with Crippen LogP contribution in [0.4, 0.5) is 10.5 Å². The second kappa shape index (κ2) is 6.26. The van der Waals surface area contributed by atoms with Gasteiger partial charge < -0.3 is 10.6 Å². The van der Waals surface area contributed by atoms with E-state index in [9.17, 15) is 18.0 Å². The van der Waals surface area contributed by atoms with Gasteiger partial charge in [0.05, 0.1) is 11.5 Å². The molecule has 6 nitrogen and oxygen atoms in total. The lowest BCUT2D eigenvalue weighted by atomic mass is 10.1. The summed E-state index contributed by atoms with van der Waals surface area (Å²) in [5.74, 6) is 0.230. The molecular weight excluding hydrogens is 292 g/mol. The molecule has 2 amide bonds. The highest BCUT2D eigenvalue weighted by Crippen LogP contribution is 2.17. The van der Waals surface area contributed by atoms with Crippen LogP contribution in [0.5, 0.6) is 0 Å². The quantitative estimate of drug-likeness (QED) is 0.823. The molecule has 1 aliphatic rings. The van der Waals surface area contributed by atoms with Crippen molar-refractivity contribution in [2.75, 3.05) is 23.4 Å². The summed E-state index contributed by atoms with van der Waals surface area (Å²) < 4.78 is 22.6. The van der Waals surface area contributed by atoms with E-state index in [1.165, 1.54) is 6.92 Å². The molecule has 0 aliphatic carbocycles. The third-order valence-corrected chi connectivity index (χ3v) is 5.24. The van der Waals surface area contributed by atoms with Crippen LogP contribution in [0.15, 0.2) is 24.3 Å². The smallest absolute Gasteiger partial charge is 0.319 e. The van der Waals surface area contributed by atoms with E-state index in [2.05, 4.69) is 10.6 Å². The number of Topliss-reactive ketones (excluding diaryl/α,β-unsaturated/α-hetero) is 1. The SMILES string of the molecule is CC(=O)c1cccc(NC(=O)NCC2CCS(=O)(=O)C2)c1. The first kappa shape index (κ1) is 15.5. The van der Waals surface area contributed by atoms with Crippen LogP contribution in [0.25, 0.3) is 0 Å². The highest BCUT2D eigenvalue weighted by molar-refractivity contribution is 7.91. The number of sulfone groups is 1. The van der Waals surface area contributed by atoms with Crippen molar-refractivity contribution in [2.45, 2.75) is 13.3 Å². The van der Waals surface area contributed by atoms with Crippen molar-refractivity contribution in [3.8, 4) is 0 Å². The number of carbonyl (C=O) groups is 2. The number of hydrogen-bond acceptors (Lipinski definition) is 4. The van der Waals surface area contributed by atoms with Gasteiger partial charge in [0.25, 0.3) is 0 Å². The molecule has 2 N–H and O–H groups in total. The van der Waals surface area contributed by atoms with Gasteiger partial charge in [-0.2, -0.15) is 0 Å². The average molecular weight is 310 g/mol. The molecule has 114 valence electrons. The van der Waals surface area contributed by atoms with Crippen LogP contribution in [-0.2, 0) is 9.84 Å². The van der Waals surface area contributed by atoms with Crippen LogP contribution in [0.2, 0.25) is 0 Å². The molecule has 1 aromatic carbocycles. The second-order valence-corrected chi connectivity index (χ2v) is 7.47. The van der Waals surface area contributed by atoms with E-state index in [-0.39, 0.29) is 23.2 Å². The molecule has 0 aromatic heterocycles. The number of carbonyl (C=O) groups excluding carboxylic acids is 2. The Bertz CT molecular complexity index is 655. The van der Waals surface area contributed by atoms with Crippen LogP contribution in [0.1, 0.15) is 23.7 Å². The number of amides is 2. The first-order chi connectivity index (χ1) is 9.85. The van der Waals surface area contributed by atoms with Crippen molar-refractivity contribution in [2.24, 2.45) is 5.92 Å². The Balaban J connectivity index is 1.85. The molecule has 2 rings (SSSR count). The molecule has 1 atom stereocenters. The van der Waals surface area contributed by atoms with E-state index < -0.39 is 15.9 Å². The van der Waals surface area contributed by atoms with Crippen molar-refractivity contribution in [1.29, 1.82) is 0 Å². The maximum Gasteiger partial charge on any atom is 0.319 e. The van der Waals surface area contributed by atoms with E-state index in [4.69, 9.17) is 0 Å². The lowest BCUT2D eigenvalue weighted by Gasteiger charge is -2.11. The largest absolute Gasteiger partial charge is 0.338 e. The lowest BCUT2D eigenvalue weighted by Crippen LogP contribution is -2.33. The molecule has 1 saturated heterocycles. The van der Waals surface area contributed by atoms with Gasteiger partial charge in [-0.3, -0.25) is 4.79 Å². The zero-order valence-corrected chi connectivity index (χ0v) is 12.6. The van der Waals surface area contributed by atoms with Gasteiger partial charge in [0.1, 0.15) is 0 Å². The van der Waals surface area contributed by atoms with Gasteiger partial charge in [0.2, 0.25) is 0 Å². The fraction of sp³-hybridized carbons (Fsp3) is 0.429. The summed E-state index contributed by atoms with van der Waals surface area (Å²) in [7, 11) is -2.93. The zero-order chi connectivity index (χ0) is 15.5. The summed E-state index contributed by atoms with van der Waals surface area (Å²) in [6, 6.07) is 6.25. The Morgan fingerprint density at radius 1 is 1.33 bits per heavy atom. The number of anilines is 1. The zero-order valence-electron chi connectivity index (χ0n) is 11.8. The van der Waals surface area contributed by atoms with E-state index in [1.54, 1.807) is 24.3 Å². The van der Waals surface area contributed by atoms with Crippen LogP contribution >= 0.6 is 0 Å². The summed E-state index contributed by atoms with van der Waals surface area (Å²) in [5, 5.41) is 5.29. The second-order valence-electron chi connectivity index (χ2n) is 5.24. The molecule has 0 saturated carbocycles. The topological polar surface area (TPSA) is 92.3 Å². The van der Waals surface area contributed by atoms with Crippen molar-refractivity contribution < 1.29 is 18.0 Å². The number of rotatable bonds is 4. The molecule has 1 aromatic rings. The third kappa shape index (κ3) is 4.56. The first-order valence-electron chi connectivity index (χ1n) is 6.72. The number of urea groups is 1. The van der Waals surface area contributed by atoms with Gasteiger partial charge in [0.15, 0.2) is 15.6 Å². The Morgan fingerprint density at radius 3 is 2.71 bits per heavy atom. The molecule has 7 heteroatoms. The van der Waals surface area contributed by atoms with Crippen LogP contribution in [-0.4, -0.2) is 38.3 Å². The molecule has 0 radical (unpaired) electrons. The highest BCUT2D eigenvalue weighted by Gasteiger charge is 2.27. The lowest BCUT2D eigenvalue weighted by molar-refractivity contribution is 0.101. The van der Waals surface area contributed by atoms with Crippen LogP contribution in [0, 0.1) is 5.92 Å². The monoisotopic (exact) mass is 310 g/mol. The van der Waals surface area contributed by atoms with E-state index in [0.29, 0.717) is 24.2 Å². The maximum absolute atomic E-state index is 11.8. The van der Waals surface area contributed by atoms with Gasteiger partial charge in [-0.1, -0.05) is 12.1 Å². The Kier molecular flexibility index (Phi) is 4.62. The van der Waals surface area contributed by atoms with E-state index in [0.717, 1.165) is 0 Å². The van der Waals surface area contributed by atoms with Crippen LogP contribution < -0.4 is 10.6 Å². The van der Waals surface area contributed by atoms with E-state index >= 15 is 0 Å². The summed E-state index contributed by atoms with van der Waals surface area (Å²) in [5.41, 5.74) is 1.05. The minimum Gasteiger partial charge on any atom is -0.338 e.